The number of nitrogens with one attached hydrogen (secondary N) is 2. The summed E-state index contributed by atoms with van der Waals surface area (Å²) >= 11 is 5.74. The number of methoxy groups -OCH3 is 1. The molecule has 1 aromatic heterocycles. The lowest BCUT2D eigenvalue weighted by Crippen LogP contribution is -2.47. The zero-order chi connectivity index (χ0) is 16.0. The maximum absolute atomic E-state index is 13.8. The SMILES string of the molecule is COC[C@@H](Nc1nc(Cl)c(C#N)cc1F)[C@H](C)NC(=O)O. The topological polar surface area (TPSA) is 107 Å². The number of halogens is 2. The minimum atomic E-state index is -1.21. The van der Waals surface area contributed by atoms with Gasteiger partial charge < -0.3 is 20.5 Å². The lowest BCUT2D eigenvalue weighted by atomic mass is 10.1. The van der Waals surface area contributed by atoms with Gasteiger partial charge in [-0.25, -0.2) is 14.2 Å². The van der Waals surface area contributed by atoms with E-state index in [4.69, 9.17) is 26.7 Å². The van der Waals surface area contributed by atoms with Gasteiger partial charge in [0.2, 0.25) is 0 Å². The van der Waals surface area contributed by atoms with Gasteiger partial charge in [0.05, 0.1) is 24.3 Å². The zero-order valence-corrected chi connectivity index (χ0v) is 12.1. The van der Waals surface area contributed by atoms with Gasteiger partial charge in [-0.2, -0.15) is 5.26 Å². The zero-order valence-electron chi connectivity index (χ0n) is 11.4. The minimum absolute atomic E-state index is 0.0836. The van der Waals surface area contributed by atoms with E-state index in [0.717, 1.165) is 6.07 Å². The number of ether oxygens (including phenoxy) is 1. The number of amides is 1. The Balaban J connectivity index is 2.96. The van der Waals surface area contributed by atoms with E-state index in [-0.39, 0.29) is 23.1 Å². The molecular formula is C12H14ClFN4O3. The number of rotatable bonds is 6. The molecule has 0 saturated carbocycles. The van der Waals surface area contributed by atoms with Gasteiger partial charge in [0.25, 0.3) is 0 Å². The highest BCUT2D eigenvalue weighted by atomic mass is 35.5. The molecule has 0 aliphatic heterocycles. The molecule has 0 unspecified atom stereocenters. The highest BCUT2D eigenvalue weighted by molar-refractivity contribution is 6.30. The largest absolute Gasteiger partial charge is 0.465 e. The molecule has 1 rings (SSSR count). The highest BCUT2D eigenvalue weighted by Gasteiger charge is 2.21. The molecule has 0 saturated heterocycles. The van der Waals surface area contributed by atoms with Crippen LogP contribution in [0.15, 0.2) is 6.07 Å². The van der Waals surface area contributed by atoms with Crippen molar-refractivity contribution in [3.63, 3.8) is 0 Å². The van der Waals surface area contributed by atoms with Gasteiger partial charge >= 0.3 is 6.09 Å². The fourth-order valence-corrected chi connectivity index (χ4v) is 1.79. The van der Waals surface area contributed by atoms with E-state index in [0.29, 0.717) is 0 Å². The minimum Gasteiger partial charge on any atom is -0.465 e. The second-order valence-corrected chi connectivity index (χ2v) is 4.57. The molecule has 0 spiro atoms. The van der Waals surface area contributed by atoms with Gasteiger partial charge in [-0.05, 0) is 13.0 Å². The molecule has 3 N–H and O–H groups in total. The van der Waals surface area contributed by atoms with Crippen LogP contribution in [0.5, 0.6) is 0 Å². The normalized spacial score (nSPS) is 13.1. The monoisotopic (exact) mass is 316 g/mol. The van der Waals surface area contributed by atoms with Crippen molar-refractivity contribution in [2.24, 2.45) is 0 Å². The van der Waals surface area contributed by atoms with Crippen molar-refractivity contribution in [3.05, 3.63) is 22.6 Å². The first-order valence-corrected chi connectivity index (χ1v) is 6.28. The molecule has 114 valence electrons. The van der Waals surface area contributed by atoms with Gasteiger partial charge in [-0.3, -0.25) is 0 Å². The third kappa shape index (κ3) is 4.73. The Bertz CT molecular complexity index is 564. The van der Waals surface area contributed by atoms with Gasteiger partial charge in [0.15, 0.2) is 11.6 Å². The number of carboxylic acid groups (broad SMARTS) is 1. The summed E-state index contributed by atoms with van der Waals surface area (Å²) < 4.78 is 18.8. The van der Waals surface area contributed by atoms with Crippen LogP contribution in [0.3, 0.4) is 0 Å². The van der Waals surface area contributed by atoms with Crippen LogP contribution in [0, 0.1) is 17.1 Å². The predicted molar refractivity (Wildman–Crippen MR) is 73.8 cm³/mol. The number of aromatic nitrogens is 1. The molecule has 1 amide bonds. The lowest BCUT2D eigenvalue weighted by molar-refractivity contribution is 0.163. The quantitative estimate of drug-likeness (QED) is 0.691. The van der Waals surface area contributed by atoms with E-state index in [9.17, 15) is 9.18 Å². The molecule has 0 fully saturated rings. The number of hydrogen-bond donors (Lipinski definition) is 3. The van der Waals surface area contributed by atoms with Crippen LogP contribution in [0.1, 0.15) is 12.5 Å². The summed E-state index contributed by atoms with van der Waals surface area (Å²) in [5, 5.41) is 22.3. The molecule has 1 heterocycles. The highest BCUT2D eigenvalue weighted by Crippen LogP contribution is 2.20. The maximum Gasteiger partial charge on any atom is 0.404 e. The molecule has 1 aromatic rings. The average Bonchev–Trinajstić information content (AvgIpc) is 2.40. The van der Waals surface area contributed by atoms with Crippen LogP contribution in [0.4, 0.5) is 15.0 Å². The lowest BCUT2D eigenvalue weighted by Gasteiger charge is -2.25. The fraction of sp³-hybridized carbons (Fsp3) is 0.417. The number of pyridine rings is 1. The molecule has 0 aromatic carbocycles. The van der Waals surface area contributed by atoms with E-state index in [2.05, 4.69) is 15.6 Å². The van der Waals surface area contributed by atoms with Crippen molar-refractivity contribution in [1.29, 1.82) is 5.26 Å². The molecule has 0 radical (unpaired) electrons. The van der Waals surface area contributed by atoms with Gasteiger partial charge in [-0.15, -0.1) is 0 Å². The Hall–Kier alpha value is -2.11. The van der Waals surface area contributed by atoms with Crippen molar-refractivity contribution >= 4 is 23.5 Å². The third-order valence-electron chi connectivity index (χ3n) is 2.67. The second-order valence-electron chi connectivity index (χ2n) is 4.21. The molecule has 0 aliphatic carbocycles. The van der Waals surface area contributed by atoms with Crippen LogP contribution in [-0.2, 0) is 4.74 Å². The summed E-state index contributed by atoms with van der Waals surface area (Å²) in [5.74, 6) is -0.945. The molecule has 7 nitrogen and oxygen atoms in total. The molecule has 0 bridgehead atoms. The van der Waals surface area contributed by atoms with Crippen LogP contribution >= 0.6 is 11.6 Å². The number of carbonyl (C=O) groups is 1. The first-order chi connectivity index (χ1) is 9.88. The van der Waals surface area contributed by atoms with E-state index < -0.39 is 24.0 Å². The smallest absolute Gasteiger partial charge is 0.404 e. The van der Waals surface area contributed by atoms with Crippen molar-refractivity contribution in [2.75, 3.05) is 19.0 Å². The first-order valence-electron chi connectivity index (χ1n) is 5.90. The Morgan fingerprint density at radius 1 is 1.71 bits per heavy atom. The summed E-state index contributed by atoms with van der Waals surface area (Å²) in [7, 11) is 1.43. The van der Waals surface area contributed by atoms with E-state index >= 15 is 0 Å². The summed E-state index contributed by atoms with van der Waals surface area (Å²) in [6.45, 7) is 1.70. The van der Waals surface area contributed by atoms with Crippen molar-refractivity contribution in [2.45, 2.75) is 19.0 Å². The second kappa shape index (κ2) is 7.61. The van der Waals surface area contributed by atoms with E-state index in [1.165, 1.54) is 7.11 Å². The van der Waals surface area contributed by atoms with Gasteiger partial charge in [-0.1, -0.05) is 11.6 Å². The summed E-state index contributed by atoms with van der Waals surface area (Å²) in [6.07, 6.45) is -1.21. The summed E-state index contributed by atoms with van der Waals surface area (Å²) in [5.41, 5.74) is -0.0836. The number of nitrogens with zero attached hydrogens (tertiary/aromatic N) is 2. The fourth-order valence-electron chi connectivity index (χ4n) is 1.61. The van der Waals surface area contributed by atoms with Crippen LogP contribution in [0.2, 0.25) is 5.15 Å². The summed E-state index contributed by atoms with van der Waals surface area (Å²) in [4.78, 5) is 14.4. The third-order valence-corrected chi connectivity index (χ3v) is 2.96. The van der Waals surface area contributed by atoms with E-state index in [1.54, 1.807) is 13.0 Å². The molecule has 9 heteroatoms. The molecule has 2 atom stereocenters. The van der Waals surface area contributed by atoms with Crippen molar-refractivity contribution in [3.8, 4) is 6.07 Å². The Morgan fingerprint density at radius 2 is 2.38 bits per heavy atom. The maximum atomic E-state index is 13.8. The van der Waals surface area contributed by atoms with Crippen molar-refractivity contribution < 1.29 is 19.0 Å². The Kier molecular flexibility index (Phi) is 6.14. The van der Waals surface area contributed by atoms with Crippen LogP contribution < -0.4 is 10.6 Å². The molecule has 0 aliphatic rings. The van der Waals surface area contributed by atoms with E-state index in [1.807, 2.05) is 0 Å². The van der Waals surface area contributed by atoms with Crippen LogP contribution in [0.25, 0.3) is 0 Å². The predicted octanol–water partition coefficient (Wildman–Crippen LogP) is 1.83. The number of nitriles is 1. The Morgan fingerprint density at radius 3 is 2.90 bits per heavy atom. The van der Waals surface area contributed by atoms with Crippen molar-refractivity contribution in [1.82, 2.24) is 10.3 Å². The first kappa shape index (κ1) is 16.9. The van der Waals surface area contributed by atoms with Gasteiger partial charge in [0.1, 0.15) is 11.2 Å². The Labute approximate surface area is 125 Å². The number of hydrogen-bond acceptors (Lipinski definition) is 5. The standard InChI is InChI=1S/C12H14ClFN4O3/c1-6(16-12(19)20)9(5-21-2)17-11-8(14)3-7(4-15)10(13)18-11/h3,6,9,16H,5H2,1-2H3,(H,17,18)(H,19,20)/t6-,9+/m0/s1. The molecule has 21 heavy (non-hydrogen) atoms. The summed E-state index contributed by atoms with van der Waals surface area (Å²) in [6, 6.07) is 1.53. The molecular weight excluding hydrogens is 303 g/mol. The average molecular weight is 317 g/mol. The van der Waals surface area contributed by atoms with Crippen LogP contribution in [-0.4, -0.2) is 42.0 Å². The number of anilines is 1. The van der Waals surface area contributed by atoms with Gasteiger partial charge in [0, 0.05) is 7.11 Å².